The van der Waals surface area contributed by atoms with E-state index in [0.717, 1.165) is 6.42 Å². The van der Waals surface area contributed by atoms with Crippen LogP contribution in [-0.4, -0.2) is 0 Å². The molecule has 1 aliphatic carbocycles. The van der Waals surface area contributed by atoms with Gasteiger partial charge in [0.2, 0.25) is 0 Å². The Morgan fingerprint density at radius 3 is 1.24 bits per heavy atom. The zero-order valence-electron chi connectivity index (χ0n) is 13.8. The number of benzene rings is 3. The number of allylic oxidation sites excluding steroid dienone is 4. The molecule has 0 atom stereocenters. The van der Waals surface area contributed by atoms with Gasteiger partial charge in [-0.3, -0.25) is 6.08 Å². The predicted octanol–water partition coefficient (Wildman–Crippen LogP) is 4.75. The van der Waals surface area contributed by atoms with Crippen LogP contribution in [0.2, 0.25) is 0 Å². The topological polar surface area (TPSA) is 0 Å². The molecule has 0 fully saturated rings. The smallest absolute Gasteiger partial charge is 0.273 e. The maximum absolute atomic E-state index is 2.99. The molecule has 25 heavy (non-hydrogen) atoms. The SMILES string of the molecule is [Ag+].[C-]1=CC=CC1.c1ccc(P(c2ccccc2)c2ccccc2)cc1. The summed E-state index contributed by atoms with van der Waals surface area (Å²) in [5.41, 5.74) is 0. The van der Waals surface area contributed by atoms with Gasteiger partial charge in [-0.05, 0) is 23.8 Å². The van der Waals surface area contributed by atoms with E-state index in [9.17, 15) is 0 Å². The van der Waals surface area contributed by atoms with Crippen LogP contribution in [0, 0.1) is 6.08 Å². The molecule has 128 valence electrons. The first kappa shape index (κ1) is 19.6. The second kappa shape index (κ2) is 11.0. The minimum Gasteiger partial charge on any atom is -0.273 e. The third kappa shape index (κ3) is 5.96. The summed E-state index contributed by atoms with van der Waals surface area (Å²) < 4.78 is 0. The summed E-state index contributed by atoms with van der Waals surface area (Å²) in [5, 5.41) is 4.19. The molecular formula is C23H20AgP. The maximum atomic E-state index is 2.99. The molecule has 0 aromatic heterocycles. The number of rotatable bonds is 3. The minimum atomic E-state index is -0.446. The van der Waals surface area contributed by atoms with E-state index in [4.69, 9.17) is 0 Å². The largest absolute Gasteiger partial charge is 1.00 e. The van der Waals surface area contributed by atoms with Crippen LogP contribution < -0.4 is 15.9 Å². The molecule has 3 aromatic rings. The van der Waals surface area contributed by atoms with Crippen LogP contribution in [0.1, 0.15) is 6.42 Å². The van der Waals surface area contributed by atoms with E-state index in [1.807, 2.05) is 12.2 Å². The molecule has 0 N–H and O–H groups in total. The fourth-order valence-electron chi connectivity index (χ4n) is 2.52. The molecule has 2 heteroatoms. The quantitative estimate of drug-likeness (QED) is 0.317. The molecule has 0 amide bonds. The first-order valence-corrected chi connectivity index (χ1v) is 9.46. The minimum absolute atomic E-state index is 0. The van der Waals surface area contributed by atoms with Gasteiger partial charge in [-0.25, -0.2) is 12.2 Å². The summed E-state index contributed by atoms with van der Waals surface area (Å²) in [6.45, 7) is 0. The van der Waals surface area contributed by atoms with Crippen molar-refractivity contribution in [3.8, 4) is 0 Å². The van der Waals surface area contributed by atoms with Crippen LogP contribution in [0.5, 0.6) is 0 Å². The normalized spacial score (nSPS) is 11.6. The van der Waals surface area contributed by atoms with Crippen molar-refractivity contribution in [2.45, 2.75) is 6.42 Å². The van der Waals surface area contributed by atoms with Crippen molar-refractivity contribution in [3.05, 3.63) is 115 Å². The fraction of sp³-hybridized carbons (Fsp3) is 0.0435. The summed E-state index contributed by atoms with van der Waals surface area (Å²) in [7, 11) is -0.446. The van der Waals surface area contributed by atoms with Crippen LogP contribution in [-0.2, 0) is 22.4 Å². The molecule has 0 heterocycles. The number of hydrogen-bond acceptors (Lipinski definition) is 0. The Balaban J connectivity index is 0.000000325. The van der Waals surface area contributed by atoms with Crippen molar-refractivity contribution in [2.75, 3.05) is 0 Å². The van der Waals surface area contributed by atoms with E-state index < -0.39 is 7.92 Å². The third-order valence-electron chi connectivity index (χ3n) is 3.63. The molecule has 4 rings (SSSR count). The molecule has 0 spiro atoms. The van der Waals surface area contributed by atoms with E-state index in [2.05, 4.69) is 103 Å². The third-order valence-corrected chi connectivity index (χ3v) is 6.07. The molecule has 0 bridgehead atoms. The molecule has 1 aliphatic rings. The fourth-order valence-corrected chi connectivity index (χ4v) is 4.82. The average Bonchev–Trinajstić information content (AvgIpc) is 3.25. The molecule has 0 saturated heterocycles. The zero-order valence-corrected chi connectivity index (χ0v) is 16.2. The van der Waals surface area contributed by atoms with Gasteiger partial charge in [-0.1, -0.05) is 91.0 Å². The van der Waals surface area contributed by atoms with Gasteiger partial charge < -0.3 is 0 Å². The Morgan fingerprint density at radius 1 is 0.600 bits per heavy atom. The van der Waals surface area contributed by atoms with Crippen molar-refractivity contribution in [2.24, 2.45) is 0 Å². The van der Waals surface area contributed by atoms with Gasteiger partial charge in [-0.15, -0.1) is 6.42 Å². The summed E-state index contributed by atoms with van der Waals surface area (Å²) in [6, 6.07) is 32.3. The van der Waals surface area contributed by atoms with E-state index in [1.54, 1.807) is 0 Å². The number of hydrogen-bond donors (Lipinski definition) is 0. The van der Waals surface area contributed by atoms with Crippen LogP contribution in [0.4, 0.5) is 0 Å². The van der Waals surface area contributed by atoms with Crippen LogP contribution in [0.3, 0.4) is 0 Å². The molecule has 0 aliphatic heterocycles. The van der Waals surface area contributed by atoms with Crippen molar-refractivity contribution in [1.29, 1.82) is 0 Å². The van der Waals surface area contributed by atoms with Gasteiger partial charge in [0.25, 0.3) is 0 Å². The van der Waals surface area contributed by atoms with Gasteiger partial charge in [0, 0.05) is 0 Å². The first-order valence-electron chi connectivity index (χ1n) is 8.12. The molecule has 3 aromatic carbocycles. The van der Waals surface area contributed by atoms with Gasteiger partial charge >= 0.3 is 22.4 Å². The van der Waals surface area contributed by atoms with Gasteiger partial charge in [0.05, 0.1) is 0 Å². The summed E-state index contributed by atoms with van der Waals surface area (Å²) in [5.74, 6) is 0. The monoisotopic (exact) mass is 434 g/mol. The molecule has 0 nitrogen and oxygen atoms in total. The van der Waals surface area contributed by atoms with E-state index in [0.29, 0.717) is 0 Å². The second-order valence-corrected chi connectivity index (χ2v) is 7.57. The standard InChI is InChI=1S/C18H15P.C5H5.Ag/c1-4-10-16(11-5-1)19(17-12-6-2-7-13-17)18-14-8-3-9-15-18;1-2-4-5-3-1;/h1-15H;1-3H,4H2;/q;-1;+1. The van der Waals surface area contributed by atoms with Gasteiger partial charge in [-0.2, -0.15) is 6.08 Å². The molecule has 0 radical (unpaired) electrons. The molecule has 0 unspecified atom stereocenters. The summed E-state index contributed by atoms with van der Waals surface area (Å²) in [4.78, 5) is 0. The van der Waals surface area contributed by atoms with Crippen molar-refractivity contribution >= 4 is 23.8 Å². The Hall–Kier alpha value is -1.69. The zero-order chi connectivity index (χ0) is 16.5. The van der Waals surface area contributed by atoms with E-state index in [-0.39, 0.29) is 22.4 Å². The summed E-state index contributed by atoms with van der Waals surface area (Å²) in [6.07, 6.45) is 10.0. The van der Waals surface area contributed by atoms with Crippen molar-refractivity contribution in [1.82, 2.24) is 0 Å². The Kier molecular flexibility index (Phi) is 8.66. The second-order valence-electron chi connectivity index (χ2n) is 5.35. The molecule has 0 saturated carbocycles. The van der Waals surface area contributed by atoms with E-state index >= 15 is 0 Å². The van der Waals surface area contributed by atoms with Gasteiger partial charge in [0.1, 0.15) is 0 Å². The van der Waals surface area contributed by atoms with Crippen molar-refractivity contribution in [3.63, 3.8) is 0 Å². The van der Waals surface area contributed by atoms with Crippen molar-refractivity contribution < 1.29 is 22.4 Å². The van der Waals surface area contributed by atoms with Gasteiger partial charge in [0.15, 0.2) is 0 Å². The predicted molar refractivity (Wildman–Crippen MR) is 107 cm³/mol. The average molecular weight is 435 g/mol. The first-order chi connectivity index (χ1) is 11.9. The Bertz CT molecular complexity index is 676. The summed E-state index contributed by atoms with van der Waals surface area (Å²) >= 11 is 0. The Morgan fingerprint density at radius 2 is 1.00 bits per heavy atom. The molecular weight excluding hydrogens is 415 g/mol. The Labute approximate surface area is 167 Å². The van der Waals surface area contributed by atoms with Crippen LogP contribution in [0.15, 0.2) is 109 Å². The van der Waals surface area contributed by atoms with Crippen LogP contribution >= 0.6 is 7.92 Å². The van der Waals surface area contributed by atoms with E-state index in [1.165, 1.54) is 15.9 Å². The maximum Gasteiger partial charge on any atom is 1.00 e. The van der Waals surface area contributed by atoms with Crippen LogP contribution in [0.25, 0.3) is 0 Å².